The van der Waals surface area contributed by atoms with Gasteiger partial charge in [0.25, 0.3) is 0 Å². The van der Waals surface area contributed by atoms with E-state index in [2.05, 4.69) is 35.1 Å². The SMILES string of the molecule is CC12CCC(C(=O)NCC3CCCO3)(C(Br)C1=O)C2(C)C. The van der Waals surface area contributed by atoms with Crippen molar-refractivity contribution in [3.8, 4) is 0 Å². The minimum atomic E-state index is -0.628. The summed E-state index contributed by atoms with van der Waals surface area (Å²) in [5.41, 5.74) is -1.36. The highest BCUT2D eigenvalue weighted by Crippen LogP contribution is 2.72. The second kappa shape index (κ2) is 4.79. The van der Waals surface area contributed by atoms with E-state index >= 15 is 0 Å². The van der Waals surface area contributed by atoms with E-state index in [1.54, 1.807) is 0 Å². The predicted octanol–water partition coefficient (Wildman–Crippen LogP) is 2.44. The number of Topliss-reactive ketones (excluding diaryl/α,β-unsaturated/α-hetero) is 1. The molecule has 5 heteroatoms. The summed E-state index contributed by atoms with van der Waals surface area (Å²) in [6, 6.07) is 0. The molecule has 0 aromatic rings. The molecule has 1 saturated heterocycles. The summed E-state index contributed by atoms with van der Waals surface area (Å²) >= 11 is 3.54. The van der Waals surface area contributed by atoms with Crippen molar-refractivity contribution in [2.24, 2.45) is 16.2 Å². The molecule has 0 aromatic heterocycles. The fourth-order valence-electron chi connectivity index (χ4n) is 4.62. The summed E-state index contributed by atoms with van der Waals surface area (Å²) in [6.45, 7) is 7.51. The van der Waals surface area contributed by atoms with Crippen LogP contribution < -0.4 is 5.32 Å². The number of hydrogen-bond acceptors (Lipinski definition) is 3. The van der Waals surface area contributed by atoms with Gasteiger partial charge in [-0.15, -0.1) is 0 Å². The number of alkyl halides is 1. The molecule has 118 valence electrons. The van der Waals surface area contributed by atoms with Crippen LogP contribution in [0, 0.1) is 16.2 Å². The summed E-state index contributed by atoms with van der Waals surface area (Å²) in [4.78, 5) is 25.2. The average Bonchev–Trinajstić information content (AvgIpc) is 3.04. The minimum absolute atomic E-state index is 0.0134. The highest BCUT2D eigenvalue weighted by atomic mass is 79.9. The van der Waals surface area contributed by atoms with Crippen molar-refractivity contribution in [2.45, 2.75) is 57.4 Å². The van der Waals surface area contributed by atoms with Crippen molar-refractivity contribution in [3.05, 3.63) is 0 Å². The number of ketones is 1. The summed E-state index contributed by atoms with van der Waals surface area (Å²) in [6.07, 6.45) is 3.77. The molecule has 4 unspecified atom stereocenters. The van der Waals surface area contributed by atoms with E-state index in [1.165, 1.54) is 0 Å². The zero-order valence-corrected chi connectivity index (χ0v) is 14.6. The molecule has 1 aliphatic heterocycles. The van der Waals surface area contributed by atoms with E-state index in [-0.39, 0.29) is 28.0 Å². The van der Waals surface area contributed by atoms with Gasteiger partial charge < -0.3 is 10.1 Å². The largest absolute Gasteiger partial charge is 0.376 e. The van der Waals surface area contributed by atoms with Gasteiger partial charge in [0.1, 0.15) is 0 Å². The zero-order valence-electron chi connectivity index (χ0n) is 13.0. The van der Waals surface area contributed by atoms with E-state index in [0.29, 0.717) is 6.54 Å². The topological polar surface area (TPSA) is 55.4 Å². The minimum Gasteiger partial charge on any atom is -0.376 e. The van der Waals surface area contributed by atoms with E-state index < -0.39 is 10.8 Å². The molecule has 4 atom stereocenters. The standard InChI is InChI=1S/C16H24BrNO3/c1-14(2)15(3)6-7-16(14,11(17)12(15)19)13(20)18-9-10-5-4-8-21-10/h10-11H,4-9H2,1-3H3,(H,18,20). The molecule has 0 radical (unpaired) electrons. The van der Waals surface area contributed by atoms with Crippen LogP contribution in [-0.4, -0.2) is 35.8 Å². The van der Waals surface area contributed by atoms with E-state index in [0.717, 1.165) is 32.3 Å². The number of ether oxygens (including phenoxy) is 1. The van der Waals surface area contributed by atoms with Gasteiger partial charge >= 0.3 is 0 Å². The first-order valence-corrected chi connectivity index (χ1v) is 8.77. The van der Waals surface area contributed by atoms with Crippen LogP contribution in [0.5, 0.6) is 0 Å². The molecule has 3 rings (SSSR count). The van der Waals surface area contributed by atoms with Gasteiger partial charge in [0, 0.05) is 18.6 Å². The first kappa shape index (κ1) is 15.5. The van der Waals surface area contributed by atoms with Crippen molar-refractivity contribution < 1.29 is 14.3 Å². The van der Waals surface area contributed by atoms with Crippen LogP contribution in [0.3, 0.4) is 0 Å². The maximum Gasteiger partial charge on any atom is 0.228 e. The third kappa shape index (κ3) is 1.76. The van der Waals surface area contributed by atoms with Crippen LogP contribution in [-0.2, 0) is 14.3 Å². The Kier molecular flexibility index (Phi) is 3.53. The zero-order chi connectivity index (χ0) is 15.5. The molecule has 3 fully saturated rings. The highest BCUT2D eigenvalue weighted by Gasteiger charge is 2.76. The monoisotopic (exact) mass is 357 g/mol. The van der Waals surface area contributed by atoms with E-state index in [9.17, 15) is 9.59 Å². The van der Waals surface area contributed by atoms with Crippen molar-refractivity contribution in [2.75, 3.05) is 13.2 Å². The maximum atomic E-state index is 12.9. The quantitative estimate of drug-likeness (QED) is 0.789. The Balaban J connectivity index is 1.82. The molecule has 1 heterocycles. The number of hydrogen-bond donors (Lipinski definition) is 1. The average molecular weight is 358 g/mol. The normalized spacial score (nSPS) is 44.3. The van der Waals surface area contributed by atoms with Gasteiger partial charge in [-0.3, -0.25) is 9.59 Å². The van der Waals surface area contributed by atoms with Crippen LogP contribution in [0.15, 0.2) is 0 Å². The number of carbonyl (C=O) groups excluding carboxylic acids is 2. The Morgan fingerprint density at radius 3 is 2.62 bits per heavy atom. The first-order chi connectivity index (χ1) is 9.77. The van der Waals surface area contributed by atoms with Crippen LogP contribution >= 0.6 is 15.9 Å². The van der Waals surface area contributed by atoms with Gasteiger partial charge in [-0.25, -0.2) is 0 Å². The number of nitrogens with one attached hydrogen (secondary N) is 1. The summed E-state index contributed by atoms with van der Waals surface area (Å²) < 4.78 is 5.57. The third-order valence-corrected chi connectivity index (χ3v) is 7.84. The first-order valence-electron chi connectivity index (χ1n) is 7.86. The fourth-order valence-corrected chi connectivity index (χ4v) is 6.14. The van der Waals surface area contributed by atoms with Gasteiger partial charge in [0.05, 0.1) is 16.3 Å². The van der Waals surface area contributed by atoms with Gasteiger partial charge in [-0.05, 0) is 31.1 Å². The number of fused-ring (bicyclic) bond motifs is 2. The molecule has 3 aliphatic rings. The van der Waals surface area contributed by atoms with Gasteiger partial charge in [0.15, 0.2) is 5.78 Å². The molecule has 0 aromatic carbocycles. The molecule has 4 nitrogen and oxygen atoms in total. The molecular weight excluding hydrogens is 334 g/mol. The van der Waals surface area contributed by atoms with Crippen molar-refractivity contribution >= 4 is 27.6 Å². The van der Waals surface area contributed by atoms with Crippen LogP contribution in [0.25, 0.3) is 0 Å². The van der Waals surface area contributed by atoms with Gasteiger partial charge in [0.2, 0.25) is 5.91 Å². The number of amides is 1. The lowest BCUT2D eigenvalue weighted by atomic mass is 9.64. The Morgan fingerprint density at radius 1 is 1.38 bits per heavy atom. The van der Waals surface area contributed by atoms with E-state index in [4.69, 9.17) is 4.74 Å². The Morgan fingerprint density at radius 2 is 2.10 bits per heavy atom. The van der Waals surface area contributed by atoms with Crippen molar-refractivity contribution in [1.29, 1.82) is 0 Å². The lowest BCUT2D eigenvalue weighted by molar-refractivity contribution is -0.136. The van der Waals surface area contributed by atoms with Gasteiger partial charge in [-0.2, -0.15) is 0 Å². The smallest absolute Gasteiger partial charge is 0.228 e. The lowest BCUT2D eigenvalue weighted by Crippen LogP contribution is -2.52. The number of carbonyl (C=O) groups is 2. The van der Waals surface area contributed by atoms with Crippen LogP contribution in [0.2, 0.25) is 0 Å². The summed E-state index contributed by atoms with van der Waals surface area (Å²) in [7, 11) is 0. The second-order valence-electron chi connectivity index (χ2n) is 7.50. The lowest BCUT2D eigenvalue weighted by Gasteiger charge is -2.39. The summed E-state index contributed by atoms with van der Waals surface area (Å²) in [5.74, 6) is 0.200. The number of halogens is 1. The Labute approximate surface area is 134 Å². The van der Waals surface area contributed by atoms with Crippen molar-refractivity contribution in [3.63, 3.8) is 0 Å². The molecule has 1 N–H and O–H groups in total. The van der Waals surface area contributed by atoms with Crippen molar-refractivity contribution in [1.82, 2.24) is 5.32 Å². The summed E-state index contributed by atoms with van der Waals surface area (Å²) in [5, 5.41) is 3.06. The van der Waals surface area contributed by atoms with Gasteiger partial charge in [-0.1, -0.05) is 36.7 Å². The molecular formula is C16H24BrNO3. The predicted molar refractivity (Wildman–Crippen MR) is 83.3 cm³/mol. The third-order valence-electron chi connectivity index (χ3n) is 6.64. The molecule has 21 heavy (non-hydrogen) atoms. The van der Waals surface area contributed by atoms with Crippen LogP contribution in [0.4, 0.5) is 0 Å². The van der Waals surface area contributed by atoms with E-state index in [1.807, 2.05) is 6.92 Å². The molecule has 0 spiro atoms. The number of rotatable bonds is 3. The molecule has 2 saturated carbocycles. The molecule has 2 bridgehead atoms. The van der Waals surface area contributed by atoms with Crippen LogP contribution in [0.1, 0.15) is 46.5 Å². The highest BCUT2D eigenvalue weighted by molar-refractivity contribution is 9.10. The maximum absolute atomic E-state index is 12.9. The fraction of sp³-hybridized carbons (Fsp3) is 0.875. The molecule has 2 aliphatic carbocycles. The molecule has 1 amide bonds. The Hall–Kier alpha value is -0.420. The second-order valence-corrected chi connectivity index (χ2v) is 8.42. The Bertz CT molecular complexity index is 486.